The fourth-order valence-corrected chi connectivity index (χ4v) is 1.35. The molecule has 1 aromatic carbocycles. The molecule has 0 atom stereocenters. The lowest BCUT2D eigenvalue weighted by atomic mass is 10.0. The summed E-state index contributed by atoms with van der Waals surface area (Å²) in [4.78, 5) is 11.3. The van der Waals surface area contributed by atoms with Crippen molar-refractivity contribution >= 4 is 18.4 Å². The number of benzene rings is 1. The molecule has 17 heavy (non-hydrogen) atoms. The number of carbonyl (C=O) groups is 1. The van der Waals surface area contributed by atoms with Crippen LogP contribution in [0, 0.1) is 0 Å². The van der Waals surface area contributed by atoms with Crippen molar-refractivity contribution in [3.05, 3.63) is 35.9 Å². The van der Waals surface area contributed by atoms with E-state index in [1.807, 2.05) is 44.2 Å². The van der Waals surface area contributed by atoms with Crippen LogP contribution in [0.15, 0.2) is 30.3 Å². The Kier molecular flexibility index (Phi) is 6.85. The van der Waals surface area contributed by atoms with Crippen LogP contribution in [0.5, 0.6) is 0 Å². The minimum absolute atomic E-state index is 0. The zero-order valence-electron chi connectivity index (χ0n) is 10.3. The minimum Gasteiger partial charge on any atom is -0.465 e. The molecule has 0 aliphatic carbocycles. The molecule has 0 amide bonds. The second-order valence-electron chi connectivity index (χ2n) is 4.62. The van der Waals surface area contributed by atoms with Gasteiger partial charge in [-0.25, -0.2) is 0 Å². The van der Waals surface area contributed by atoms with Crippen molar-refractivity contribution in [1.82, 2.24) is 0 Å². The van der Waals surface area contributed by atoms with Gasteiger partial charge in [0.25, 0.3) is 0 Å². The predicted molar refractivity (Wildman–Crippen MR) is 71.2 cm³/mol. The number of carbonyl (C=O) groups excluding carboxylic acids is 1. The Balaban J connectivity index is 0.00000256. The molecule has 0 saturated heterocycles. The van der Waals surface area contributed by atoms with Crippen LogP contribution in [0.1, 0.15) is 25.8 Å². The average molecular weight is 258 g/mol. The number of hydrogen-bond donors (Lipinski definition) is 1. The number of esters is 1. The summed E-state index contributed by atoms with van der Waals surface area (Å²) in [7, 11) is 0. The van der Waals surface area contributed by atoms with E-state index < -0.39 is 5.54 Å². The van der Waals surface area contributed by atoms with Gasteiger partial charge in [-0.1, -0.05) is 30.3 Å². The summed E-state index contributed by atoms with van der Waals surface area (Å²) < 4.78 is 5.10. The van der Waals surface area contributed by atoms with Gasteiger partial charge < -0.3 is 10.5 Å². The molecule has 1 aromatic rings. The van der Waals surface area contributed by atoms with Gasteiger partial charge in [-0.15, -0.1) is 12.4 Å². The highest BCUT2D eigenvalue weighted by atomic mass is 35.5. The van der Waals surface area contributed by atoms with Gasteiger partial charge in [0, 0.05) is 12.0 Å². The van der Waals surface area contributed by atoms with E-state index in [1.165, 1.54) is 5.56 Å². The molecule has 0 aromatic heterocycles. The SMILES string of the molecule is CC(C)(N)CC(=O)OCCc1ccccc1.Cl. The molecule has 0 aliphatic rings. The molecule has 0 bridgehead atoms. The molecule has 0 fully saturated rings. The molecule has 3 nitrogen and oxygen atoms in total. The largest absolute Gasteiger partial charge is 0.465 e. The minimum atomic E-state index is -0.496. The second kappa shape index (κ2) is 7.30. The Morgan fingerprint density at radius 2 is 1.88 bits per heavy atom. The van der Waals surface area contributed by atoms with Crippen LogP contribution in [0.4, 0.5) is 0 Å². The van der Waals surface area contributed by atoms with E-state index in [1.54, 1.807) is 0 Å². The van der Waals surface area contributed by atoms with Crippen molar-refractivity contribution in [3.63, 3.8) is 0 Å². The Morgan fingerprint density at radius 1 is 1.29 bits per heavy atom. The van der Waals surface area contributed by atoms with Gasteiger partial charge in [0.2, 0.25) is 0 Å². The van der Waals surface area contributed by atoms with E-state index in [0.29, 0.717) is 6.61 Å². The summed E-state index contributed by atoms with van der Waals surface area (Å²) in [5.41, 5.74) is 6.39. The first-order valence-corrected chi connectivity index (χ1v) is 5.46. The standard InChI is InChI=1S/C13H19NO2.ClH/c1-13(2,14)10-12(15)16-9-8-11-6-4-3-5-7-11;/h3-7H,8-10,14H2,1-2H3;1H. The van der Waals surface area contributed by atoms with Crippen molar-refractivity contribution < 1.29 is 9.53 Å². The van der Waals surface area contributed by atoms with E-state index in [2.05, 4.69) is 0 Å². The van der Waals surface area contributed by atoms with Gasteiger partial charge in [-0.3, -0.25) is 4.79 Å². The molecule has 0 saturated carbocycles. The van der Waals surface area contributed by atoms with Crippen molar-refractivity contribution in [2.45, 2.75) is 32.2 Å². The van der Waals surface area contributed by atoms with Gasteiger partial charge in [0.15, 0.2) is 0 Å². The third-order valence-corrected chi connectivity index (χ3v) is 2.10. The Labute approximate surface area is 109 Å². The number of halogens is 1. The maximum Gasteiger partial charge on any atom is 0.307 e. The average Bonchev–Trinajstić information content (AvgIpc) is 2.16. The highest BCUT2D eigenvalue weighted by Crippen LogP contribution is 2.05. The van der Waals surface area contributed by atoms with Gasteiger partial charge >= 0.3 is 5.97 Å². The normalized spacial score (nSPS) is 10.5. The fourth-order valence-electron chi connectivity index (χ4n) is 1.35. The van der Waals surface area contributed by atoms with Gasteiger partial charge in [0.05, 0.1) is 13.0 Å². The molecule has 0 aliphatic heterocycles. The number of nitrogens with two attached hydrogens (primary N) is 1. The van der Waals surface area contributed by atoms with Crippen LogP contribution in [-0.4, -0.2) is 18.1 Å². The summed E-state index contributed by atoms with van der Waals surface area (Å²) in [6.07, 6.45) is 0.999. The van der Waals surface area contributed by atoms with Crippen LogP contribution in [-0.2, 0) is 16.0 Å². The molecule has 0 spiro atoms. The van der Waals surface area contributed by atoms with E-state index in [0.717, 1.165) is 6.42 Å². The highest BCUT2D eigenvalue weighted by Gasteiger charge is 2.17. The van der Waals surface area contributed by atoms with Crippen LogP contribution in [0.3, 0.4) is 0 Å². The lowest BCUT2D eigenvalue weighted by molar-refractivity contribution is -0.144. The van der Waals surface area contributed by atoms with Crippen LogP contribution in [0.2, 0.25) is 0 Å². The Hall–Kier alpha value is -1.06. The van der Waals surface area contributed by atoms with E-state index >= 15 is 0 Å². The molecule has 0 heterocycles. The summed E-state index contributed by atoms with van der Waals surface area (Å²) in [5.74, 6) is -0.233. The van der Waals surface area contributed by atoms with E-state index in [4.69, 9.17) is 10.5 Å². The van der Waals surface area contributed by atoms with Crippen molar-refractivity contribution in [1.29, 1.82) is 0 Å². The molecule has 1 rings (SSSR count). The lowest BCUT2D eigenvalue weighted by Crippen LogP contribution is -2.35. The predicted octanol–water partition coefficient (Wildman–Crippen LogP) is 2.32. The first-order valence-electron chi connectivity index (χ1n) is 5.46. The second-order valence-corrected chi connectivity index (χ2v) is 4.62. The summed E-state index contributed by atoms with van der Waals surface area (Å²) >= 11 is 0. The quantitative estimate of drug-likeness (QED) is 0.824. The van der Waals surface area contributed by atoms with Gasteiger partial charge in [-0.2, -0.15) is 0 Å². The van der Waals surface area contributed by atoms with E-state index in [9.17, 15) is 4.79 Å². The van der Waals surface area contributed by atoms with Crippen molar-refractivity contribution in [3.8, 4) is 0 Å². The number of ether oxygens (including phenoxy) is 1. The summed E-state index contributed by atoms with van der Waals surface area (Å²) in [5, 5.41) is 0. The van der Waals surface area contributed by atoms with Crippen molar-refractivity contribution in [2.24, 2.45) is 5.73 Å². The highest BCUT2D eigenvalue weighted by molar-refractivity contribution is 5.85. The monoisotopic (exact) mass is 257 g/mol. The first kappa shape index (κ1) is 15.9. The fraction of sp³-hybridized carbons (Fsp3) is 0.462. The van der Waals surface area contributed by atoms with Crippen LogP contribution < -0.4 is 5.73 Å². The smallest absolute Gasteiger partial charge is 0.307 e. The number of hydrogen-bond acceptors (Lipinski definition) is 3. The zero-order valence-corrected chi connectivity index (χ0v) is 11.1. The number of rotatable bonds is 5. The summed E-state index contributed by atoms with van der Waals surface area (Å²) in [6, 6.07) is 9.94. The van der Waals surface area contributed by atoms with Gasteiger partial charge in [0.1, 0.15) is 0 Å². The van der Waals surface area contributed by atoms with Gasteiger partial charge in [-0.05, 0) is 19.4 Å². The Morgan fingerprint density at radius 3 is 2.41 bits per heavy atom. The maximum absolute atomic E-state index is 11.3. The molecule has 0 radical (unpaired) electrons. The summed E-state index contributed by atoms with van der Waals surface area (Å²) in [6.45, 7) is 4.04. The van der Waals surface area contributed by atoms with E-state index in [-0.39, 0.29) is 24.8 Å². The third kappa shape index (κ3) is 7.77. The molecular formula is C13H20ClNO2. The van der Waals surface area contributed by atoms with Crippen LogP contribution >= 0.6 is 12.4 Å². The molecular weight excluding hydrogens is 238 g/mol. The molecule has 2 N–H and O–H groups in total. The zero-order chi connectivity index (χ0) is 12.0. The van der Waals surface area contributed by atoms with Crippen molar-refractivity contribution in [2.75, 3.05) is 6.61 Å². The molecule has 96 valence electrons. The topological polar surface area (TPSA) is 52.3 Å². The van der Waals surface area contributed by atoms with Crippen LogP contribution in [0.25, 0.3) is 0 Å². The first-order chi connectivity index (χ1) is 7.47. The molecule has 0 unspecified atom stereocenters. The Bertz CT molecular complexity index is 333. The third-order valence-electron chi connectivity index (χ3n) is 2.10. The lowest BCUT2D eigenvalue weighted by Gasteiger charge is -2.16. The maximum atomic E-state index is 11.3. The molecule has 4 heteroatoms.